The van der Waals surface area contributed by atoms with Gasteiger partial charge in [0.05, 0.1) is 19.1 Å². The molecule has 1 aliphatic rings. The minimum Gasteiger partial charge on any atom is -0.480 e. The van der Waals surface area contributed by atoms with Crippen LogP contribution >= 0.6 is 0 Å². The molecule has 1 saturated heterocycles. The lowest BCUT2D eigenvalue weighted by atomic mass is 10.1. The average Bonchev–Trinajstić information content (AvgIpc) is 3.12. The van der Waals surface area contributed by atoms with Crippen LogP contribution in [0.4, 0.5) is 0 Å². The van der Waals surface area contributed by atoms with E-state index in [1.165, 1.54) is 6.92 Å². The highest BCUT2D eigenvalue weighted by Crippen LogP contribution is 2.05. The van der Waals surface area contributed by atoms with Gasteiger partial charge in [-0.3, -0.25) is 19.2 Å². The summed E-state index contributed by atoms with van der Waals surface area (Å²) in [5, 5.41) is 28.0. The quantitative estimate of drug-likeness (QED) is 0.197. The first kappa shape index (κ1) is 22.3. The van der Waals surface area contributed by atoms with Gasteiger partial charge < -0.3 is 37.2 Å². The zero-order chi connectivity index (χ0) is 20.6. The Hall–Kier alpha value is -2.73. The zero-order valence-corrected chi connectivity index (χ0v) is 14.9. The molecule has 1 heterocycles. The van der Waals surface area contributed by atoms with Crippen molar-refractivity contribution in [3.63, 3.8) is 0 Å². The number of hydrogen-bond acceptors (Lipinski definition) is 7. The third-order valence-corrected chi connectivity index (χ3v) is 3.96. The van der Waals surface area contributed by atoms with Gasteiger partial charge in [0.25, 0.3) is 0 Å². The fourth-order valence-corrected chi connectivity index (χ4v) is 2.45. The Morgan fingerprint density at radius 2 is 1.78 bits per heavy atom. The Morgan fingerprint density at radius 3 is 2.26 bits per heavy atom. The molecule has 1 fully saturated rings. The van der Waals surface area contributed by atoms with Gasteiger partial charge in [-0.25, -0.2) is 4.79 Å². The lowest BCUT2D eigenvalue weighted by Crippen LogP contribution is -2.57. The van der Waals surface area contributed by atoms with Crippen molar-refractivity contribution in [3.05, 3.63) is 0 Å². The van der Waals surface area contributed by atoms with E-state index < -0.39 is 66.8 Å². The molecule has 0 aromatic carbocycles. The second kappa shape index (κ2) is 10.4. The fourth-order valence-electron chi connectivity index (χ4n) is 2.45. The largest absolute Gasteiger partial charge is 0.480 e. The molecule has 0 saturated carbocycles. The first-order valence-corrected chi connectivity index (χ1v) is 8.42. The van der Waals surface area contributed by atoms with Gasteiger partial charge in [0, 0.05) is 0 Å². The maximum absolute atomic E-state index is 12.2. The molecular formula is C15H25N5O7. The summed E-state index contributed by atoms with van der Waals surface area (Å²) in [4.78, 5) is 58.1. The normalized spacial score (nSPS) is 19.4. The highest BCUT2D eigenvalue weighted by molar-refractivity contribution is 5.94. The first-order chi connectivity index (χ1) is 12.6. The predicted octanol–water partition coefficient (Wildman–Crippen LogP) is -3.83. The SMILES string of the molecule is CC(NC(=O)C(CO)NC(=O)C1CCCN1)C(=O)NC(CC(N)=O)C(=O)O. The number of nitrogens with one attached hydrogen (secondary N) is 4. The monoisotopic (exact) mass is 387 g/mol. The van der Waals surface area contributed by atoms with Gasteiger partial charge in [0.1, 0.15) is 18.1 Å². The number of carboxylic acids is 1. The summed E-state index contributed by atoms with van der Waals surface area (Å²) in [5.74, 6) is -4.48. The number of aliphatic carboxylic acids is 1. The van der Waals surface area contributed by atoms with Crippen molar-refractivity contribution in [2.24, 2.45) is 5.73 Å². The number of aliphatic hydroxyl groups is 1. The van der Waals surface area contributed by atoms with E-state index in [0.29, 0.717) is 13.0 Å². The molecule has 0 aromatic rings. The Bertz CT molecular complexity index is 591. The molecule has 12 heteroatoms. The standard InChI is InChI=1S/C15H25N5O7/c1-7(12(23)19-9(15(26)27)5-11(16)22)18-14(25)10(6-21)20-13(24)8-3-2-4-17-8/h7-10,17,21H,2-6H2,1H3,(H2,16,22)(H,18,25)(H,19,23)(H,20,24)(H,26,27). The lowest BCUT2D eigenvalue weighted by Gasteiger charge is -2.22. The van der Waals surface area contributed by atoms with E-state index in [-0.39, 0.29) is 0 Å². The third kappa shape index (κ3) is 7.19. The van der Waals surface area contributed by atoms with Crippen molar-refractivity contribution >= 4 is 29.6 Å². The molecule has 0 spiro atoms. The highest BCUT2D eigenvalue weighted by Gasteiger charge is 2.29. The molecule has 12 nitrogen and oxygen atoms in total. The number of carbonyl (C=O) groups excluding carboxylic acids is 4. The molecule has 152 valence electrons. The Kier molecular flexibility index (Phi) is 8.62. The molecule has 0 bridgehead atoms. The van der Waals surface area contributed by atoms with Crippen LogP contribution in [0.25, 0.3) is 0 Å². The molecule has 0 aliphatic carbocycles. The topological polar surface area (TPSA) is 200 Å². The smallest absolute Gasteiger partial charge is 0.326 e. The van der Waals surface area contributed by atoms with E-state index in [0.717, 1.165) is 6.42 Å². The number of rotatable bonds is 10. The fraction of sp³-hybridized carbons (Fsp3) is 0.667. The second-order valence-corrected chi connectivity index (χ2v) is 6.19. The molecule has 4 unspecified atom stereocenters. The number of aliphatic hydroxyl groups excluding tert-OH is 1. The van der Waals surface area contributed by atoms with E-state index >= 15 is 0 Å². The summed E-state index contributed by atoms with van der Waals surface area (Å²) in [6, 6.07) is -4.42. The molecule has 27 heavy (non-hydrogen) atoms. The maximum atomic E-state index is 12.2. The molecule has 1 aliphatic heterocycles. The van der Waals surface area contributed by atoms with E-state index in [1.807, 2.05) is 0 Å². The number of amides is 4. The van der Waals surface area contributed by atoms with Crippen LogP contribution in [0, 0.1) is 0 Å². The van der Waals surface area contributed by atoms with Crippen LogP contribution in [0.5, 0.6) is 0 Å². The minimum absolute atomic E-state index is 0.439. The summed E-state index contributed by atoms with van der Waals surface area (Å²) >= 11 is 0. The number of hydrogen-bond donors (Lipinski definition) is 7. The molecule has 0 radical (unpaired) electrons. The number of carbonyl (C=O) groups is 5. The Morgan fingerprint density at radius 1 is 1.11 bits per heavy atom. The van der Waals surface area contributed by atoms with Gasteiger partial charge in [-0.1, -0.05) is 0 Å². The zero-order valence-electron chi connectivity index (χ0n) is 14.9. The van der Waals surface area contributed by atoms with Crippen LogP contribution in [0.1, 0.15) is 26.2 Å². The minimum atomic E-state index is -1.53. The number of nitrogens with two attached hydrogens (primary N) is 1. The van der Waals surface area contributed by atoms with E-state index in [1.54, 1.807) is 0 Å². The molecule has 8 N–H and O–H groups in total. The maximum Gasteiger partial charge on any atom is 0.326 e. The first-order valence-electron chi connectivity index (χ1n) is 8.42. The van der Waals surface area contributed by atoms with Crippen molar-refractivity contribution in [1.82, 2.24) is 21.3 Å². The summed E-state index contributed by atoms with van der Waals surface area (Å²) in [6.45, 7) is 1.28. The Balaban J connectivity index is 2.58. The van der Waals surface area contributed by atoms with Crippen molar-refractivity contribution in [2.75, 3.05) is 13.2 Å². The number of primary amides is 1. The third-order valence-electron chi connectivity index (χ3n) is 3.96. The van der Waals surface area contributed by atoms with Crippen molar-refractivity contribution in [3.8, 4) is 0 Å². The van der Waals surface area contributed by atoms with E-state index in [4.69, 9.17) is 10.8 Å². The molecule has 4 amide bonds. The van der Waals surface area contributed by atoms with E-state index in [9.17, 15) is 29.1 Å². The molecular weight excluding hydrogens is 362 g/mol. The van der Waals surface area contributed by atoms with Gasteiger partial charge in [0.2, 0.25) is 23.6 Å². The van der Waals surface area contributed by atoms with E-state index in [2.05, 4.69) is 21.3 Å². The summed E-state index contributed by atoms with van der Waals surface area (Å²) in [6.07, 6.45) is 0.827. The van der Waals surface area contributed by atoms with Gasteiger partial charge in [-0.2, -0.15) is 0 Å². The van der Waals surface area contributed by atoms with Crippen LogP contribution in [-0.4, -0.2) is 77.1 Å². The molecule has 4 atom stereocenters. The highest BCUT2D eigenvalue weighted by atomic mass is 16.4. The van der Waals surface area contributed by atoms with Gasteiger partial charge >= 0.3 is 5.97 Å². The molecule has 1 rings (SSSR count). The molecule has 0 aromatic heterocycles. The summed E-state index contributed by atoms with van der Waals surface area (Å²) < 4.78 is 0. The van der Waals surface area contributed by atoms with Crippen molar-refractivity contribution in [1.29, 1.82) is 0 Å². The number of carboxylic acid groups (broad SMARTS) is 1. The second-order valence-electron chi connectivity index (χ2n) is 6.19. The van der Waals surface area contributed by atoms with Crippen molar-refractivity contribution < 1.29 is 34.2 Å². The van der Waals surface area contributed by atoms with Crippen LogP contribution < -0.4 is 27.0 Å². The summed E-state index contributed by atoms with van der Waals surface area (Å²) in [5.41, 5.74) is 4.92. The Labute approximate surface area is 155 Å². The van der Waals surface area contributed by atoms with Gasteiger partial charge in [-0.05, 0) is 26.3 Å². The van der Waals surface area contributed by atoms with Crippen LogP contribution in [0.3, 0.4) is 0 Å². The average molecular weight is 387 g/mol. The van der Waals surface area contributed by atoms with Crippen LogP contribution in [0.15, 0.2) is 0 Å². The van der Waals surface area contributed by atoms with Gasteiger partial charge in [0.15, 0.2) is 0 Å². The van der Waals surface area contributed by atoms with Gasteiger partial charge in [-0.15, -0.1) is 0 Å². The van der Waals surface area contributed by atoms with Crippen LogP contribution in [-0.2, 0) is 24.0 Å². The lowest BCUT2D eigenvalue weighted by molar-refractivity contribution is -0.143. The van der Waals surface area contributed by atoms with Crippen LogP contribution in [0.2, 0.25) is 0 Å². The predicted molar refractivity (Wildman–Crippen MR) is 91.0 cm³/mol. The van der Waals surface area contributed by atoms with Crippen molar-refractivity contribution in [2.45, 2.75) is 50.4 Å². The summed E-state index contributed by atoms with van der Waals surface area (Å²) in [7, 11) is 0.